The van der Waals surface area contributed by atoms with Crippen LogP contribution in [-0.2, 0) is 9.15 Å². The Labute approximate surface area is 90.7 Å². The van der Waals surface area contributed by atoms with Crippen LogP contribution in [0.4, 0.5) is 0 Å². The van der Waals surface area contributed by atoms with Crippen LogP contribution in [0.5, 0.6) is 5.75 Å². The van der Waals surface area contributed by atoms with E-state index in [1.165, 1.54) is 12.1 Å². The maximum atomic E-state index is 10.3. The first-order valence-corrected chi connectivity index (χ1v) is 5.92. The van der Waals surface area contributed by atoms with Crippen LogP contribution in [0.2, 0.25) is 0 Å². The Morgan fingerprint density at radius 1 is 1.27 bits per heavy atom. The molecule has 0 aliphatic carbocycles. The van der Waals surface area contributed by atoms with E-state index in [4.69, 9.17) is 23.2 Å². The van der Waals surface area contributed by atoms with E-state index in [1.807, 2.05) is 0 Å². The third-order valence-electron chi connectivity index (χ3n) is 1.13. The first-order valence-electron chi connectivity index (χ1n) is 3.43. The van der Waals surface area contributed by atoms with Gasteiger partial charge in [0.15, 0.2) is 0 Å². The van der Waals surface area contributed by atoms with Gasteiger partial charge in [-0.25, -0.2) is 4.79 Å². The summed E-state index contributed by atoms with van der Waals surface area (Å²) in [6, 6.07) is 5.81. The van der Waals surface area contributed by atoms with E-state index in [0.29, 0.717) is 0 Å². The number of benzene rings is 1. The summed E-state index contributed by atoms with van der Waals surface area (Å²) < 4.78 is 25.5. The number of para-hydroxylation sites is 1. The Morgan fingerprint density at radius 2 is 1.67 bits per heavy atom. The number of hydrogen-bond acceptors (Lipinski definition) is 4. The molecule has 1 rings (SSSR count). The summed E-state index contributed by atoms with van der Waals surface area (Å²) >= 11 is 2.65. The fraction of sp³-hybridized carbons (Fsp3) is 0. The molecule has 0 aromatic heterocycles. The number of thiol groups is 1. The molecule has 0 fully saturated rings. The van der Waals surface area contributed by atoms with E-state index < -0.39 is 15.1 Å². The van der Waals surface area contributed by atoms with Crippen molar-refractivity contribution >= 4 is 26.8 Å². The molecule has 84 valence electrons. The molecule has 0 aliphatic heterocycles. The van der Waals surface area contributed by atoms with Gasteiger partial charge in [-0.05, 0) is 23.8 Å². The van der Waals surface area contributed by atoms with Crippen molar-refractivity contribution in [2.24, 2.45) is 0 Å². The molecule has 0 saturated carbocycles. The second kappa shape index (κ2) is 5.59. The number of rotatable bonds is 1. The molecule has 1 aromatic carbocycles. The van der Waals surface area contributed by atoms with Crippen LogP contribution >= 0.6 is 11.7 Å². The van der Waals surface area contributed by atoms with Crippen LogP contribution in [0.3, 0.4) is 0 Å². The quantitative estimate of drug-likeness (QED) is 0.334. The average Bonchev–Trinajstić information content (AvgIpc) is 2.01. The minimum absolute atomic E-state index is 0.0671. The van der Waals surface area contributed by atoms with Crippen molar-refractivity contribution in [3.05, 3.63) is 29.8 Å². The second-order valence-electron chi connectivity index (χ2n) is 2.27. The van der Waals surface area contributed by atoms with Gasteiger partial charge in [0.05, 0.1) is 0 Å². The number of carboxylic acids is 1. The van der Waals surface area contributed by atoms with Crippen molar-refractivity contribution in [2.75, 3.05) is 0 Å². The van der Waals surface area contributed by atoms with Crippen molar-refractivity contribution in [3.8, 4) is 5.75 Å². The highest BCUT2D eigenvalue weighted by Crippen LogP contribution is 2.14. The zero-order chi connectivity index (χ0) is 12.1. The smallest absolute Gasteiger partial charge is 0.339 e. The van der Waals surface area contributed by atoms with Gasteiger partial charge < -0.3 is 10.2 Å². The van der Waals surface area contributed by atoms with E-state index in [-0.39, 0.29) is 11.3 Å². The Bertz CT molecular complexity index is 431. The molecule has 0 radical (unpaired) electrons. The second-order valence-corrected chi connectivity index (χ2v) is 4.55. The molecule has 0 atom stereocenters. The molecule has 8 heteroatoms. The maximum Gasteiger partial charge on any atom is 0.339 e. The van der Waals surface area contributed by atoms with Crippen LogP contribution in [0.25, 0.3) is 0 Å². The van der Waals surface area contributed by atoms with E-state index >= 15 is 0 Å². The Morgan fingerprint density at radius 3 is 1.93 bits per heavy atom. The fourth-order valence-corrected chi connectivity index (χ4v) is 0.654. The van der Waals surface area contributed by atoms with Gasteiger partial charge in [0.2, 0.25) is 0 Å². The van der Waals surface area contributed by atoms with Gasteiger partial charge in [-0.1, -0.05) is 12.1 Å². The number of carbonyl (C=O) groups is 1. The van der Waals surface area contributed by atoms with Crippen LogP contribution in [0, 0.1) is 0 Å². The third-order valence-corrected chi connectivity index (χ3v) is 1.13. The summed E-state index contributed by atoms with van der Waals surface area (Å²) in [5, 5.41) is 17.3. The molecule has 0 saturated heterocycles. The standard InChI is InChI=1S/C7H6O3.H2O3S2/c8-6-4-2-1-3-5(6)7(9)10;1-5(2,3)4/h1-4,8H,(H,9,10);(H2,1,2,3,4). The molecule has 3 N–H and O–H groups in total. The number of aromatic hydroxyl groups is 1. The first-order chi connectivity index (χ1) is 6.72. The van der Waals surface area contributed by atoms with Crippen molar-refractivity contribution in [2.45, 2.75) is 0 Å². The van der Waals surface area contributed by atoms with Crippen molar-refractivity contribution in [1.82, 2.24) is 0 Å². The lowest BCUT2D eigenvalue weighted by molar-refractivity contribution is 0.0693. The topological polar surface area (TPSA) is 112 Å². The van der Waals surface area contributed by atoms with Gasteiger partial charge in [0.25, 0.3) is 0 Å². The molecule has 6 nitrogen and oxygen atoms in total. The number of phenols is 1. The summed E-state index contributed by atoms with van der Waals surface area (Å²) in [5.41, 5.74) is -0.0671. The van der Waals surface area contributed by atoms with Crippen LogP contribution < -0.4 is 0 Å². The number of aromatic carboxylic acids is 1. The first kappa shape index (κ1) is 13.8. The predicted octanol–water partition coefficient (Wildman–Crippen LogP) is 0.809. The molecular formula is C7H8O6S2. The Balaban J connectivity index is 0.000000336. The van der Waals surface area contributed by atoms with Gasteiger partial charge in [0, 0.05) is 0 Å². The van der Waals surface area contributed by atoms with E-state index in [0.717, 1.165) is 0 Å². The number of carboxylic acid groups (broad SMARTS) is 1. The summed E-state index contributed by atoms with van der Waals surface area (Å²) in [6.45, 7) is 0. The highest BCUT2D eigenvalue weighted by molar-refractivity contribution is 8.61. The maximum absolute atomic E-state index is 10.3. The molecule has 0 heterocycles. The van der Waals surface area contributed by atoms with E-state index in [2.05, 4.69) is 11.7 Å². The normalized spacial score (nSPS) is 10.0. The van der Waals surface area contributed by atoms with Crippen molar-refractivity contribution < 1.29 is 28.0 Å². The van der Waals surface area contributed by atoms with E-state index in [9.17, 15) is 4.79 Å². The lowest BCUT2D eigenvalue weighted by Crippen LogP contribution is -1.95. The molecule has 0 unspecified atom stereocenters. The molecule has 0 spiro atoms. The molecule has 15 heavy (non-hydrogen) atoms. The largest absolute Gasteiger partial charge is 0.507 e. The Kier molecular flexibility index (Phi) is 5.12. The highest BCUT2D eigenvalue weighted by Gasteiger charge is 2.05. The molecule has 0 amide bonds. The van der Waals surface area contributed by atoms with Gasteiger partial charge in [-0.3, -0.25) is 4.55 Å². The highest BCUT2D eigenvalue weighted by atomic mass is 33.1. The van der Waals surface area contributed by atoms with Crippen LogP contribution in [0.15, 0.2) is 24.3 Å². The van der Waals surface area contributed by atoms with Gasteiger partial charge in [-0.15, -0.1) is 0 Å². The SMILES string of the molecule is O=C(O)c1ccccc1O.O=S(=O)(O)S. The van der Waals surface area contributed by atoms with Crippen molar-refractivity contribution in [1.29, 1.82) is 0 Å². The fourth-order valence-electron chi connectivity index (χ4n) is 0.654. The summed E-state index contributed by atoms with van der Waals surface area (Å²) in [7, 11) is -3.97. The summed E-state index contributed by atoms with van der Waals surface area (Å²) in [6.07, 6.45) is 0. The number of hydrogen-bond donors (Lipinski definition) is 4. The van der Waals surface area contributed by atoms with Gasteiger partial charge in [-0.2, -0.15) is 8.42 Å². The third kappa shape index (κ3) is 7.79. The molecule has 0 aliphatic rings. The lowest BCUT2D eigenvalue weighted by Gasteiger charge is -1.95. The summed E-state index contributed by atoms with van der Waals surface area (Å²) in [5.74, 6) is -1.31. The Hall–Kier alpha value is -1.25. The minimum atomic E-state index is -3.97. The lowest BCUT2D eigenvalue weighted by atomic mass is 10.2. The van der Waals surface area contributed by atoms with Crippen LogP contribution in [0.1, 0.15) is 10.4 Å². The van der Waals surface area contributed by atoms with Gasteiger partial charge in [0.1, 0.15) is 11.3 Å². The van der Waals surface area contributed by atoms with Crippen molar-refractivity contribution in [3.63, 3.8) is 0 Å². The average molecular weight is 252 g/mol. The summed E-state index contributed by atoms with van der Waals surface area (Å²) in [4.78, 5) is 10.3. The molecular weight excluding hydrogens is 244 g/mol. The zero-order valence-corrected chi connectivity index (χ0v) is 8.94. The minimum Gasteiger partial charge on any atom is -0.507 e. The van der Waals surface area contributed by atoms with Gasteiger partial charge >= 0.3 is 15.1 Å². The molecule has 0 bridgehead atoms. The monoisotopic (exact) mass is 252 g/mol. The zero-order valence-electron chi connectivity index (χ0n) is 7.23. The van der Waals surface area contributed by atoms with Crippen LogP contribution in [-0.4, -0.2) is 29.2 Å². The predicted molar refractivity (Wildman–Crippen MR) is 55.6 cm³/mol. The van der Waals surface area contributed by atoms with E-state index in [1.54, 1.807) is 12.1 Å². The molecule has 1 aromatic rings.